The molecule has 17 atom stereocenters. The lowest BCUT2D eigenvalue weighted by atomic mass is 9.44. The Morgan fingerprint density at radius 2 is 1.67 bits per heavy atom. The van der Waals surface area contributed by atoms with Gasteiger partial charge in [-0.25, -0.2) is 0 Å². The fourth-order valence-electron chi connectivity index (χ4n) is 11.4. The van der Waals surface area contributed by atoms with Gasteiger partial charge in [-0.3, -0.25) is 0 Å². The molecule has 4 saturated carbocycles. The van der Waals surface area contributed by atoms with Crippen molar-refractivity contribution in [3.63, 3.8) is 0 Å². The molecule has 2 saturated heterocycles. The summed E-state index contributed by atoms with van der Waals surface area (Å²) in [4.78, 5) is 0. The first-order valence-corrected chi connectivity index (χ1v) is 17.2. The average molecular weight is 611 g/mol. The van der Waals surface area contributed by atoms with E-state index in [0.29, 0.717) is 36.2 Å². The normalized spacial score (nSPS) is 55.3. The highest BCUT2D eigenvalue weighted by molar-refractivity contribution is 5.15. The quantitative estimate of drug-likeness (QED) is 0.280. The van der Waals surface area contributed by atoms with Crippen molar-refractivity contribution in [2.24, 2.45) is 52.3 Å². The SMILES string of the molecule is CO[C@H]1CC[C@@]2(C)[C@@H](CC[C@@H]3[C@@H]2CC[C@]2(C)C4C(C[C@@H]32)O[C@](O)(CC[C@@H](C)COC2OC(CO)C(O)C(O)C2O)[C@H]4C)C1. The summed E-state index contributed by atoms with van der Waals surface area (Å²) in [5.41, 5.74) is 0.624. The molecule has 248 valence electrons. The molecule has 9 nitrogen and oxygen atoms in total. The molecule has 4 aliphatic carbocycles. The third kappa shape index (κ3) is 5.35. The first-order chi connectivity index (χ1) is 20.4. The number of aliphatic hydroxyl groups excluding tert-OH is 4. The average Bonchev–Trinajstić information content (AvgIpc) is 3.42. The van der Waals surface area contributed by atoms with Gasteiger partial charge in [-0.1, -0.05) is 27.7 Å². The third-order valence-electron chi connectivity index (χ3n) is 14.0. The topological polar surface area (TPSA) is 138 Å². The lowest BCUT2D eigenvalue weighted by Gasteiger charge is -2.61. The van der Waals surface area contributed by atoms with Gasteiger partial charge < -0.3 is 44.5 Å². The number of fused-ring (bicyclic) bond motifs is 7. The Kier molecular flexibility index (Phi) is 9.11. The Morgan fingerprint density at radius 3 is 2.40 bits per heavy atom. The van der Waals surface area contributed by atoms with Gasteiger partial charge >= 0.3 is 0 Å². The van der Waals surface area contributed by atoms with Crippen molar-refractivity contribution >= 4 is 0 Å². The minimum Gasteiger partial charge on any atom is -0.394 e. The van der Waals surface area contributed by atoms with Crippen molar-refractivity contribution in [2.75, 3.05) is 20.3 Å². The predicted molar refractivity (Wildman–Crippen MR) is 159 cm³/mol. The van der Waals surface area contributed by atoms with Crippen molar-refractivity contribution in [2.45, 2.75) is 141 Å². The van der Waals surface area contributed by atoms with Crippen LogP contribution < -0.4 is 0 Å². The Labute approximate surface area is 257 Å². The molecule has 7 unspecified atom stereocenters. The largest absolute Gasteiger partial charge is 0.394 e. The molecule has 0 bridgehead atoms. The number of methoxy groups -OCH3 is 1. The van der Waals surface area contributed by atoms with Crippen LogP contribution in [0.5, 0.6) is 0 Å². The summed E-state index contributed by atoms with van der Waals surface area (Å²) in [5.74, 6) is 2.27. The molecular formula is C34H58O9. The highest BCUT2D eigenvalue weighted by atomic mass is 16.7. The van der Waals surface area contributed by atoms with E-state index in [9.17, 15) is 25.5 Å². The van der Waals surface area contributed by atoms with Crippen LogP contribution >= 0.6 is 0 Å². The summed E-state index contributed by atoms with van der Waals surface area (Å²) in [6.45, 7) is 9.08. The molecule has 0 radical (unpaired) electrons. The summed E-state index contributed by atoms with van der Waals surface area (Å²) in [6, 6.07) is 0. The van der Waals surface area contributed by atoms with Gasteiger partial charge in [-0.15, -0.1) is 0 Å². The van der Waals surface area contributed by atoms with Crippen LogP contribution in [0.4, 0.5) is 0 Å². The maximum absolute atomic E-state index is 11.9. The Hall–Kier alpha value is -0.360. The van der Waals surface area contributed by atoms with Crippen LogP contribution in [-0.2, 0) is 18.9 Å². The molecule has 0 aromatic rings. The van der Waals surface area contributed by atoms with Gasteiger partial charge in [-0.05, 0) is 104 Å². The van der Waals surface area contributed by atoms with Crippen molar-refractivity contribution in [3.05, 3.63) is 0 Å². The highest BCUT2D eigenvalue weighted by Gasteiger charge is 2.68. The Morgan fingerprint density at radius 1 is 0.930 bits per heavy atom. The minimum absolute atomic E-state index is 0.0375. The fourth-order valence-corrected chi connectivity index (χ4v) is 11.4. The van der Waals surface area contributed by atoms with Crippen LogP contribution in [0.25, 0.3) is 0 Å². The second kappa shape index (κ2) is 12.0. The molecule has 0 amide bonds. The predicted octanol–water partition coefficient (Wildman–Crippen LogP) is 3.23. The molecule has 43 heavy (non-hydrogen) atoms. The first kappa shape index (κ1) is 32.6. The smallest absolute Gasteiger partial charge is 0.186 e. The Bertz CT molecular complexity index is 980. The lowest BCUT2D eigenvalue weighted by Crippen LogP contribution is -2.59. The maximum Gasteiger partial charge on any atom is 0.186 e. The van der Waals surface area contributed by atoms with E-state index in [0.717, 1.165) is 24.2 Å². The van der Waals surface area contributed by atoms with Crippen LogP contribution in [0.2, 0.25) is 0 Å². The minimum atomic E-state index is -1.46. The summed E-state index contributed by atoms with van der Waals surface area (Å²) in [7, 11) is 1.88. The molecule has 9 heteroatoms. The number of ether oxygens (including phenoxy) is 4. The summed E-state index contributed by atoms with van der Waals surface area (Å²) >= 11 is 0. The van der Waals surface area contributed by atoms with E-state index in [-0.39, 0.29) is 30.0 Å². The highest BCUT2D eigenvalue weighted by Crippen LogP contribution is 2.71. The van der Waals surface area contributed by atoms with E-state index in [1.54, 1.807) is 0 Å². The van der Waals surface area contributed by atoms with Crippen LogP contribution in [0.15, 0.2) is 0 Å². The van der Waals surface area contributed by atoms with Gasteiger partial charge in [0.25, 0.3) is 0 Å². The van der Waals surface area contributed by atoms with Crippen molar-refractivity contribution in [3.8, 4) is 0 Å². The number of rotatable bonds is 8. The summed E-state index contributed by atoms with van der Waals surface area (Å²) in [5, 5.41) is 51.6. The zero-order valence-electron chi connectivity index (χ0n) is 26.9. The molecule has 0 spiro atoms. The summed E-state index contributed by atoms with van der Waals surface area (Å²) in [6.07, 6.45) is 5.25. The standard InChI is InChI=1S/C34H58O9/c1-18(17-41-31-30(38)29(37)28(36)26(16-35)42-31)8-13-34(39)19(2)27-25(43-34)15-24-22-7-6-20-14-21(40-5)9-11-32(20,3)23(22)10-12-33(24,27)4/h18-31,35-39H,6-17H2,1-5H3/t18-,19+,20+,21+,22-,23+,24+,25?,26?,27?,28?,29?,30?,31?,32+,33+,34-/m1/s1. The van der Waals surface area contributed by atoms with E-state index in [4.69, 9.17) is 18.9 Å². The molecule has 5 N–H and O–H groups in total. The number of hydrogen-bond donors (Lipinski definition) is 5. The molecule has 2 aliphatic heterocycles. The zero-order chi connectivity index (χ0) is 30.9. The van der Waals surface area contributed by atoms with Gasteiger partial charge in [0.15, 0.2) is 12.1 Å². The van der Waals surface area contributed by atoms with E-state index < -0.39 is 43.1 Å². The van der Waals surface area contributed by atoms with Crippen LogP contribution in [0, 0.1) is 52.3 Å². The van der Waals surface area contributed by atoms with Crippen LogP contribution in [-0.4, -0.2) is 94.6 Å². The van der Waals surface area contributed by atoms with E-state index >= 15 is 0 Å². The molecular weight excluding hydrogens is 552 g/mol. The van der Waals surface area contributed by atoms with Crippen molar-refractivity contribution in [1.82, 2.24) is 0 Å². The second-order valence-electron chi connectivity index (χ2n) is 16.1. The van der Waals surface area contributed by atoms with Gasteiger partial charge in [0.1, 0.15) is 24.4 Å². The molecule has 2 heterocycles. The van der Waals surface area contributed by atoms with Crippen molar-refractivity contribution < 1.29 is 44.5 Å². The van der Waals surface area contributed by atoms with Crippen molar-refractivity contribution in [1.29, 1.82) is 0 Å². The molecule has 6 rings (SSSR count). The zero-order valence-corrected chi connectivity index (χ0v) is 26.9. The monoisotopic (exact) mass is 610 g/mol. The fraction of sp³-hybridized carbons (Fsp3) is 1.00. The molecule has 6 aliphatic rings. The van der Waals surface area contributed by atoms with E-state index in [1.807, 2.05) is 14.0 Å². The maximum atomic E-state index is 11.9. The first-order valence-electron chi connectivity index (χ1n) is 17.2. The lowest BCUT2D eigenvalue weighted by molar-refractivity contribution is -0.303. The summed E-state index contributed by atoms with van der Waals surface area (Å²) < 4.78 is 23.7. The number of aliphatic hydroxyl groups is 5. The second-order valence-corrected chi connectivity index (χ2v) is 16.1. The van der Waals surface area contributed by atoms with E-state index in [1.165, 1.54) is 44.9 Å². The van der Waals surface area contributed by atoms with Gasteiger partial charge in [0.2, 0.25) is 0 Å². The van der Waals surface area contributed by atoms with Gasteiger partial charge in [0.05, 0.1) is 25.4 Å². The van der Waals surface area contributed by atoms with Crippen LogP contribution in [0.1, 0.15) is 91.9 Å². The van der Waals surface area contributed by atoms with Gasteiger partial charge in [0, 0.05) is 19.4 Å². The van der Waals surface area contributed by atoms with E-state index in [2.05, 4.69) is 20.8 Å². The molecule has 0 aromatic heterocycles. The van der Waals surface area contributed by atoms with Gasteiger partial charge in [-0.2, -0.15) is 0 Å². The van der Waals surface area contributed by atoms with Crippen LogP contribution in [0.3, 0.4) is 0 Å². The third-order valence-corrected chi connectivity index (χ3v) is 14.0. The number of hydrogen-bond acceptors (Lipinski definition) is 9. The molecule has 0 aromatic carbocycles. The Balaban J connectivity index is 1.05. The molecule has 6 fully saturated rings.